The molecule has 0 atom stereocenters. The summed E-state index contributed by atoms with van der Waals surface area (Å²) in [5, 5.41) is 2.42. The van der Waals surface area contributed by atoms with Crippen molar-refractivity contribution in [2.24, 2.45) is 0 Å². The second-order valence-corrected chi connectivity index (χ2v) is 10.4. The minimum Gasteiger partial charge on any atom is -0.264 e. The summed E-state index contributed by atoms with van der Waals surface area (Å²) in [5.41, 5.74) is 14.5. The lowest BCUT2D eigenvalue weighted by Gasteiger charge is -2.17. The van der Waals surface area contributed by atoms with Crippen molar-refractivity contribution in [2.45, 2.75) is 27.7 Å². The second kappa shape index (κ2) is 9.72. The molecule has 0 fully saturated rings. The average Bonchev–Trinajstić information content (AvgIpc) is 2.92. The van der Waals surface area contributed by atoms with Gasteiger partial charge in [-0.25, -0.2) is 0 Å². The maximum atomic E-state index is 4.47. The molecule has 2 nitrogen and oxygen atoms in total. The number of rotatable bonds is 4. The fraction of sp³-hybridized carbons (Fsp3) is 0.111. The quantitative estimate of drug-likeness (QED) is 0.246. The van der Waals surface area contributed by atoms with E-state index in [9.17, 15) is 0 Å². The van der Waals surface area contributed by atoms with Gasteiger partial charge in [0, 0.05) is 35.9 Å². The van der Waals surface area contributed by atoms with Crippen molar-refractivity contribution in [1.29, 1.82) is 0 Å². The number of hydrogen-bond acceptors (Lipinski definition) is 2. The van der Waals surface area contributed by atoms with Crippen LogP contribution in [0.3, 0.4) is 0 Å². The Hall–Kier alpha value is -4.56. The van der Waals surface area contributed by atoms with Gasteiger partial charge in [0.25, 0.3) is 0 Å². The third-order valence-corrected chi connectivity index (χ3v) is 7.12. The van der Waals surface area contributed by atoms with Crippen LogP contribution in [0.25, 0.3) is 55.3 Å². The van der Waals surface area contributed by atoms with Crippen LogP contribution in [0.2, 0.25) is 0 Å². The van der Waals surface area contributed by atoms with Crippen LogP contribution >= 0.6 is 0 Å². The first-order chi connectivity index (χ1) is 18.4. The van der Waals surface area contributed by atoms with Crippen LogP contribution in [0.4, 0.5) is 0 Å². The van der Waals surface area contributed by atoms with Crippen LogP contribution in [0.5, 0.6) is 0 Å². The maximum absolute atomic E-state index is 4.47. The Balaban J connectivity index is 1.74. The van der Waals surface area contributed by atoms with Gasteiger partial charge in [-0.05, 0) is 108 Å². The Morgan fingerprint density at radius 1 is 0.395 bits per heavy atom. The van der Waals surface area contributed by atoms with Gasteiger partial charge in [-0.3, -0.25) is 9.97 Å². The molecule has 2 aromatic heterocycles. The van der Waals surface area contributed by atoms with E-state index >= 15 is 0 Å². The van der Waals surface area contributed by atoms with Gasteiger partial charge in [-0.1, -0.05) is 70.8 Å². The van der Waals surface area contributed by atoms with E-state index in [1.165, 1.54) is 66.4 Å². The Bertz CT molecular complexity index is 1610. The number of fused-ring (bicyclic) bond motifs is 1. The van der Waals surface area contributed by atoms with Crippen LogP contribution in [0, 0.1) is 27.7 Å². The standard InChI is InChI=1S/C36H30N2/c1-23-11-24(2)14-29(13-23)31-17-33(27-7-5-9-37-21-27)36-20-32(30-15-25(3)12-26(4)16-30)18-34(35(36)19-31)28-8-6-10-38-22-28/h5-22H,1-4H3. The summed E-state index contributed by atoms with van der Waals surface area (Å²) in [6.45, 7) is 8.65. The summed E-state index contributed by atoms with van der Waals surface area (Å²) in [6, 6.07) is 31.2. The predicted octanol–water partition coefficient (Wildman–Crippen LogP) is 9.53. The first-order valence-corrected chi connectivity index (χ1v) is 13.0. The Morgan fingerprint density at radius 2 is 0.763 bits per heavy atom. The van der Waals surface area contributed by atoms with Crippen molar-refractivity contribution in [3.05, 3.63) is 132 Å². The molecule has 38 heavy (non-hydrogen) atoms. The summed E-state index contributed by atoms with van der Waals surface area (Å²) in [5.74, 6) is 0. The van der Waals surface area contributed by atoms with Gasteiger partial charge in [-0.2, -0.15) is 0 Å². The molecule has 0 saturated carbocycles. The van der Waals surface area contributed by atoms with Gasteiger partial charge in [0.05, 0.1) is 0 Å². The SMILES string of the molecule is Cc1cc(C)cc(-c2cc(-c3cccnc3)c3cc(-c4cc(C)cc(C)c4)cc(-c4cccnc4)c3c2)c1. The van der Waals surface area contributed by atoms with Crippen LogP contribution < -0.4 is 0 Å². The maximum Gasteiger partial charge on any atom is 0.0346 e. The van der Waals surface area contributed by atoms with E-state index in [0.717, 1.165) is 11.1 Å². The van der Waals surface area contributed by atoms with Crippen molar-refractivity contribution in [2.75, 3.05) is 0 Å². The molecular weight excluding hydrogens is 460 g/mol. The lowest BCUT2D eigenvalue weighted by atomic mass is 9.86. The fourth-order valence-electron chi connectivity index (χ4n) is 5.60. The zero-order chi connectivity index (χ0) is 26.2. The number of benzene rings is 4. The highest BCUT2D eigenvalue weighted by Gasteiger charge is 2.15. The third-order valence-electron chi connectivity index (χ3n) is 7.12. The molecular formula is C36H30N2. The Kier molecular flexibility index (Phi) is 6.09. The fourth-order valence-corrected chi connectivity index (χ4v) is 5.60. The largest absolute Gasteiger partial charge is 0.264 e. The molecule has 2 heterocycles. The van der Waals surface area contributed by atoms with Crippen LogP contribution in [-0.4, -0.2) is 9.97 Å². The first-order valence-electron chi connectivity index (χ1n) is 13.0. The average molecular weight is 491 g/mol. The molecule has 184 valence electrons. The molecule has 0 radical (unpaired) electrons. The van der Waals surface area contributed by atoms with E-state index in [1.807, 2.05) is 36.9 Å². The summed E-state index contributed by atoms with van der Waals surface area (Å²) in [6.07, 6.45) is 7.60. The van der Waals surface area contributed by atoms with Crippen LogP contribution in [0.15, 0.2) is 110 Å². The van der Waals surface area contributed by atoms with Gasteiger partial charge in [0.2, 0.25) is 0 Å². The number of aryl methyl sites for hydroxylation is 4. The third kappa shape index (κ3) is 4.62. The molecule has 0 amide bonds. The van der Waals surface area contributed by atoms with E-state index in [1.54, 1.807) is 0 Å². The summed E-state index contributed by atoms with van der Waals surface area (Å²) >= 11 is 0. The highest BCUT2D eigenvalue weighted by molar-refractivity contribution is 6.09. The molecule has 0 aliphatic rings. The van der Waals surface area contributed by atoms with Crippen LogP contribution in [0.1, 0.15) is 22.3 Å². The van der Waals surface area contributed by atoms with Gasteiger partial charge in [0.1, 0.15) is 0 Å². The molecule has 0 aliphatic heterocycles. The molecule has 6 aromatic rings. The molecule has 0 spiro atoms. The van der Waals surface area contributed by atoms with Crippen molar-refractivity contribution in [1.82, 2.24) is 9.97 Å². The van der Waals surface area contributed by atoms with Gasteiger partial charge < -0.3 is 0 Å². The zero-order valence-electron chi connectivity index (χ0n) is 22.3. The molecule has 0 bridgehead atoms. The minimum absolute atomic E-state index is 1.11. The summed E-state index contributed by atoms with van der Waals surface area (Å²) in [7, 11) is 0. The van der Waals surface area contributed by atoms with Gasteiger partial charge in [0.15, 0.2) is 0 Å². The van der Waals surface area contributed by atoms with E-state index in [2.05, 4.69) is 110 Å². The number of aromatic nitrogens is 2. The molecule has 4 aromatic carbocycles. The van der Waals surface area contributed by atoms with Crippen molar-refractivity contribution in [3.63, 3.8) is 0 Å². The smallest absolute Gasteiger partial charge is 0.0346 e. The van der Waals surface area contributed by atoms with Gasteiger partial charge >= 0.3 is 0 Å². The molecule has 2 heteroatoms. The molecule has 0 unspecified atom stereocenters. The molecule has 0 aliphatic carbocycles. The van der Waals surface area contributed by atoms with E-state index in [0.29, 0.717) is 0 Å². The number of pyridine rings is 2. The molecule has 6 rings (SSSR count). The predicted molar refractivity (Wildman–Crippen MR) is 160 cm³/mol. The van der Waals surface area contributed by atoms with Crippen LogP contribution in [-0.2, 0) is 0 Å². The highest BCUT2D eigenvalue weighted by Crippen LogP contribution is 2.41. The number of hydrogen-bond donors (Lipinski definition) is 0. The first kappa shape index (κ1) is 23.8. The van der Waals surface area contributed by atoms with Crippen molar-refractivity contribution < 1.29 is 0 Å². The topological polar surface area (TPSA) is 25.8 Å². The highest BCUT2D eigenvalue weighted by atomic mass is 14.6. The van der Waals surface area contributed by atoms with E-state index in [-0.39, 0.29) is 0 Å². The number of nitrogens with zero attached hydrogens (tertiary/aromatic N) is 2. The monoisotopic (exact) mass is 490 g/mol. The normalized spacial score (nSPS) is 11.2. The second-order valence-electron chi connectivity index (χ2n) is 10.4. The van der Waals surface area contributed by atoms with Crippen molar-refractivity contribution >= 4 is 10.8 Å². The van der Waals surface area contributed by atoms with E-state index in [4.69, 9.17) is 0 Å². The zero-order valence-corrected chi connectivity index (χ0v) is 22.3. The lowest BCUT2D eigenvalue weighted by molar-refractivity contribution is 1.33. The van der Waals surface area contributed by atoms with Crippen molar-refractivity contribution in [3.8, 4) is 44.5 Å². The summed E-state index contributed by atoms with van der Waals surface area (Å²) in [4.78, 5) is 8.95. The molecule has 0 saturated heterocycles. The Labute approximate surface area is 224 Å². The summed E-state index contributed by atoms with van der Waals surface area (Å²) < 4.78 is 0. The lowest BCUT2D eigenvalue weighted by Crippen LogP contribution is -1.92. The van der Waals surface area contributed by atoms with Gasteiger partial charge in [-0.15, -0.1) is 0 Å². The Morgan fingerprint density at radius 3 is 1.11 bits per heavy atom. The minimum atomic E-state index is 1.11. The van der Waals surface area contributed by atoms with E-state index < -0.39 is 0 Å². The molecule has 0 N–H and O–H groups in total.